The third kappa shape index (κ3) is 6.48. The van der Waals surface area contributed by atoms with Gasteiger partial charge in [-0.1, -0.05) is 224 Å². The van der Waals surface area contributed by atoms with E-state index in [0.717, 1.165) is 33.8 Å². The van der Waals surface area contributed by atoms with Crippen molar-refractivity contribution in [1.82, 2.24) is 4.57 Å². The largest absolute Gasteiger partial charge is 0.310 e. The maximum atomic E-state index is 2.52. The average molecular weight is 879 g/mol. The molecule has 0 fully saturated rings. The van der Waals surface area contributed by atoms with Gasteiger partial charge in [-0.25, -0.2) is 0 Å². The number of benzene rings is 11. The first kappa shape index (κ1) is 40.3. The third-order valence-corrected chi connectivity index (χ3v) is 14.3. The monoisotopic (exact) mass is 878 g/mol. The quantitative estimate of drug-likeness (QED) is 0.140. The van der Waals surface area contributed by atoms with Crippen LogP contribution < -0.4 is 4.90 Å². The summed E-state index contributed by atoms with van der Waals surface area (Å²) in [6.45, 7) is 0. The summed E-state index contributed by atoms with van der Waals surface area (Å²) in [5.41, 5.74) is 20.8. The summed E-state index contributed by atoms with van der Waals surface area (Å²) < 4.78 is 2.40. The predicted octanol–water partition coefficient (Wildman–Crippen LogP) is 17.6. The van der Waals surface area contributed by atoms with Crippen LogP contribution in [0.3, 0.4) is 0 Å². The lowest BCUT2D eigenvalue weighted by Gasteiger charge is -2.34. The van der Waals surface area contributed by atoms with E-state index < -0.39 is 5.41 Å². The van der Waals surface area contributed by atoms with Crippen LogP contribution in [0.4, 0.5) is 17.1 Å². The Hall–Kier alpha value is -8.98. The number of para-hydroxylation sites is 2. The van der Waals surface area contributed by atoms with E-state index in [-0.39, 0.29) is 0 Å². The molecule has 2 heteroatoms. The first-order valence-corrected chi connectivity index (χ1v) is 23.8. The van der Waals surface area contributed by atoms with Crippen molar-refractivity contribution < 1.29 is 0 Å². The number of fused-ring (bicyclic) bond motifs is 6. The minimum absolute atomic E-state index is 0.511. The van der Waals surface area contributed by atoms with E-state index in [2.05, 4.69) is 289 Å². The highest BCUT2D eigenvalue weighted by molar-refractivity contribution is 6.11. The lowest BCUT2D eigenvalue weighted by Crippen LogP contribution is -2.28. The minimum Gasteiger partial charge on any atom is -0.310 e. The average Bonchev–Trinajstić information content (AvgIpc) is 3.92. The molecule has 12 aromatic rings. The fraction of sp³-hybridized carbons (Fsp3) is 0.0149. The molecular weight excluding hydrogens is 833 g/mol. The van der Waals surface area contributed by atoms with E-state index in [1.165, 1.54) is 77.5 Å². The Bertz CT molecular complexity index is 3780. The van der Waals surface area contributed by atoms with Crippen molar-refractivity contribution in [2.24, 2.45) is 0 Å². The maximum absolute atomic E-state index is 2.52. The smallest absolute Gasteiger partial charge is 0.0713 e. The van der Waals surface area contributed by atoms with Gasteiger partial charge >= 0.3 is 0 Å². The van der Waals surface area contributed by atoms with E-state index in [1.807, 2.05) is 0 Å². The Morgan fingerprint density at radius 2 is 0.797 bits per heavy atom. The van der Waals surface area contributed by atoms with Crippen molar-refractivity contribution >= 4 is 38.9 Å². The van der Waals surface area contributed by atoms with Gasteiger partial charge in [-0.3, -0.25) is 0 Å². The Labute approximate surface area is 403 Å². The second kappa shape index (κ2) is 16.7. The fourth-order valence-corrected chi connectivity index (χ4v) is 11.4. The SMILES string of the molecule is c1ccc(-c2ccccc2-c2c(-c3ccccc3)cccc2N(c2ccc3c(c2)-c2ccccc2C3(c2ccccc2)c2ccccc2)c2ccc3c(c2)c2ccccc2n3-c2ccccc2)cc1. The summed E-state index contributed by atoms with van der Waals surface area (Å²) in [6.07, 6.45) is 0. The molecule has 1 aliphatic carbocycles. The molecule has 0 radical (unpaired) electrons. The molecule has 1 aromatic heterocycles. The van der Waals surface area contributed by atoms with Crippen LogP contribution in [-0.4, -0.2) is 4.57 Å². The molecule has 0 aliphatic heterocycles. The Balaban J connectivity index is 1.13. The van der Waals surface area contributed by atoms with E-state index >= 15 is 0 Å². The molecular formula is C67H46N2. The molecule has 0 N–H and O–H groups in total. The summed E-state index contributed by atoms with van der Waals surface area (Å²) >= 11 is 0. The van der Waals surface area contributed by atoms with Crippen LogP contribution in [0.2, 0.25) is 0 Å². The molecule has 0 unspecified atom stereocenters. The van der Waals surface area contributed by atoms with Gasteiger partial charge in [0.25, 0.3) is 0 Å². The molecule has 0 saturated heterocycles. The van der Waals surface area contributed by atoms with Crippen LogP contribution in [0.25, 0.3) is 72.0 Å². The van der Waals surface area contributed by atoms with Crippen molar-refractivity contribution in [3.63, 3.8) is 0 Å². The topological polar surface area (TPSA) is 8.17 Å². The molecule has 0 bridgehead atoms. The highest BCUT2D eigenvalue weighted by Gasteiger charge is 2.46. The normalized spacial score (nSPS) is 12.5. The summed E-state index contributed by atoms with van der Waals surface area (Å²) in [5.74, 6) is 0. The molecule has 69 heavy (non-hydrogen) atoms. The summed E-state index contributed by atoms with van der Waals surface area (Å²) in [4.78, 5) is 2.52. The van der Waals surface area contributed by atoms with E-state index in [0.29, 0.717) is 0 Å². The maximum Gasteiger partial charge on any atom is 0.0713 e. The van der Waals surface area contributed by atoms with E-state index in [4.69, 9.17) is 0 Å². The Morgan fingerprint density at radius 3 is 1.49 bits per heavy atom. The standard InChI is InChI=1S/C67H46N2/c1-6-23-47(24-7-1)54-33-16-17-36-58(54)66-55(48-25-8-2-9-26-48)37-22-40-65(66)68(53-42-44-64-60(46-53)57-35-19-21-39-63(57)69(64)51-31-14-5-15-32-51)52-41-43-62-59(45-52)56-34-18-20-38-61(56)67(62,49-27-10-3-11-28-49)50-29-12-4-13-30-50/h1-46H. The van der Waals surface area contributed by atoms with Crippen molar-refractivity contribution in [2.45, 2.75) is 5.41 Å². The zero-order valence-electron chi connectivity index (χ0n) is 38.0. The first-order chi connectivity index (χ1) is 34.3. The number of nitrogens with zero attached hydrogens (tertiary/aromatic N) is 2. The van der Waals surface area contributed by atoms with E-state index in [1.54, 1.807) is 0 Å². The van der Waals surface area contributed by atoms with Gasteiger partial charge in [-0.15, -0.1) is 0 Å². The molecule has 1 aliphatic rings. The van der Waals surface area contributed by atoms with Gasteiger partial charge in [0.05, 0.1) is 22.1 Å². The first-order valence-electron chi connectivity index (χ1n) is 23.8. The van der Waals surface area contributed by atoms with Crippen molar-refractivity contribution in [3.8, 4) is 50.2 Å². The van der Waals surface area contributed by atoms with Gasteiger partial charge in [0.2, 0.25) is 0 Å². The van der Waals surface area contributed by atoms with Gasteiger partial charge in [0.1, 0.15) is 0 Å². The zero-order valence-corrected chi connectivity index (χ0v) is 38.0. The van der Waals surface area contributed by atoms with Gasteiger partial charge in [0.15, 0.2) is 0 Å². The summed E-state index contributed by atoms with van der Waals surface area (Å²) in [5, 5.41) is 2.41. The Morgan fingerprint density at radius 1 is 0.304 bits per heavy atom. The minimum atomic E-state index is -0.511. The summed E-state index contributed by atoms with van der Waals surface area (Å²) in [6, 6.07) is 102. The zero-order chi connectivity index (χ0) is 45.7. The lowest BCUT2D eigenvalue weighted by molar-refractivity contribution is 0.768. The number of anilines is 3. The molecule has 13 rings (SSSR count). The molecule has 324 valence electrons. The second-order valence-electron chi connectivity index (χ2n) is 18.0. The molecule has 2 nitrogen and oxygen atoms in total. The third-order valence-electron chi connectivity index (χ3n) is 14.3. The molecule has 1 heterocycles. The molecule has 11 aromatic carbocycles. The number of hydrogen-bond acceptors (Lipinski definition) is 1. The molecule has 0 saturated carbocycles. The number of aromatic nitrogens is 1. The highest BCUT2D eigenvalue weighted by Crippen LogP contribution is 2.58. The van der Waals surface area contributed by atoms with Crippen LogP contribution in [0.15, 0.2) is 279 Å². The second-order valence-corrected chi connectivity index (χ2v) is 18.0. The van der Waals surface area contributed by atoms with Crippen LogP contribution in [0.1, 0.15) is 22.3 Å². The van der Waals surface area contributed by atoms with Crippen LogP contribution in [-0.2, 0) is 5.41 Å². The Kier molecular flexibility index (Phi) is 9.77. The van der Waals surface area contributed by atoms with Gasteiger partial charge in [-0.2, -0.15) is 0 Å². The van der Waals surface area contributed by atoms with E-state index in [9.17, 15) is 0 Å². The van der Waals surface area contributed by atoms with Crippen molar-refractivity contribution in [1.29, 1.82) is 0 Å². The van der Waals surface area contributed by atoms with Crippen LogP contribution in [0.5, 0.6) is 0 Å². The predicted molar refractivity (Wildman–Crippen MR) is 289 cm³/mol. The highest BCUT2D eigenvalue weighted by atomic mass is 15.1. The van der Waals surface area contributed by atoms with Gasteiger partial charge in [-0.05, 0) is 116 Å². The molecule has 0 amide bonds. The van der Waals surface area contributed by atoms with Crippen LogP contribution in [0, 0.1) is 0 Å². The van der Waals surface area contributed by atoms with Gasteiger partial charge in [0, 0.05) is 33.4 Å². The fourth-order valence-electron chi connectivity index (χ4n) is 11.4. The molecule has 0 atom stereocenters. The van der Waals surface area contributed by atoms with Crippen LogP contribution >= 0.6 is 0 Å². The van der Waals surface area contributed by atoms with Gasteiger partial charge < -0.3 is 9.47 Å². The number of hydrogen-bond donors (Lipinski definition) is 0. The van der Waals surface area contributed by atoms with Crippen molar-refractivity contribution in [3.05, 3.63) is 301 Å². The number of rotatable bonds is 9. The summed E-state index contributed by atoms with van der Waals surface area (Å²) in [7, 11) is 0. The lowest BCUT2D eigenvalue weighted by atomic mass is 9.68. The van der Waals surface area contributed by atoms with Crippen molar-refractivity contribution in [2.75, 3.05) is 4.90 Å². The molecule has 0 spiro atoms.